The maximum Gasteiger partial charge on any atom is 0.295 e. The van der Waals surface area contributed by atoms with Crippen LogP contribution in [0.15, 0.2) is 72.3 Å². The Labute approximate surface area is 235 Å². The lowest BCUT2D eigenvalue weighted by molar-refractivity contribution is -0.140. The van der Waals surface area contributed by atoms with Gasteiger partial charge in [-0.15, -0.1) is 0 Å². The summed E-state index contributed by atoms with van der Waals surface area (Å²) < 4.78 is 11.3. The van der Waals surface area contributed by atoms with Crippen molar-refractivity contribution in [3.63, 3.8) is 0 Å². The molecule has 1 aliphatic rings. The number of benzene rings is 3. The minimum Gasteiger partial charge on any atom is -0.507 e. The fourth-order valence-electron chi connectivity index (χ4n) is 4.96. The zero-order chi connectivity index (χ0) is 28.8. The molecule has 8 heteroatoms. The number of rotatable bonds is 11. The molecule has 2 N–H and O–H groups in total. The molecule has 210 valence electrons. The van der Waals surface area contributed by atoms with E-state index in [4.69, 9.17) is 9.47 Å². The van der Waals surface area contributed by atoms with Crippen molar-refractivity contribution in [1.29, 1.82) is 0 Å². The minimum absolute atomic E-state index is 0.00496. The molecule has 40 heavy (non-hydrogen) atoms. The Balaban J connectivity index is 1.72. The molecule has 0 spiro atoms. The quantitative estimate of drug-likeness (QED) is 0.198. The number of carbonyl (C=O) groups excluding carboxylic acids is 2. The van der Waals surface area contributed by atoms with Crippen molar-refractivity contribution in [3.8, 4) is 17.2 Å². The monoisotopic (exact) mass is 544 g/mol. The van der Waals surface area contributed by atoms with Gasteiger partial charge in [0.1, 0.15) is 18.1 Å². The van der Waals surface area contributed by atoms with E-state index in [2.05, 4.69) is 4.90 Å². The fourth-order valence-corrected chi connectivity index (χ4v) is 4.96. The Morgan fingerprint density at radius 1 is 0.975 bits per heavy atom. The standard InChI is InChI=1S/C32H36N2O6/c1-5-33(6-2)16-17-34-29(23-12-14-25(35)27(19-23)39-4)28(31(37)32(34)38)30(36)24-13-15-26(21(3)18-24)40-20-22-10-8-7-9-11-22/h7-15,18-19,29,35-36H,5-6,16-17,20H2,1-4H3. The number of aryl methyl sites for hydroxylation is 1. The van der Waals surface area contributed by atoms with Crippen LogP contribution in [-0.4, -0.2) is 65.0 Å². The van der Waals surface area contributed by atoms with Gasteiger partial charge in [-0.05, 0) is 67.0 Å². The number of aliphatic hydroxyl groups excluding tert-OH is 1. The molecule has 0 bridgehead atoms. The number of phenols is 1. The second-order valence-corrected chi connectivity index (χ2v) is 9.71. The molecule has 3 aromatic carbocycles. The largest absolute Gasteiger partial charge is 0.507 e. The first-order valence-corrected chi connectivity index (χ1v) is 13.4. The number of likely N-dealkylation sites (N-methyl/N-ethyl adjacent to an activating group) is 1. The van der Waals surface area contributed by atoms with Gasteiger partial charge in [-0.2, -0.15) is 0 Å². The van der Waals surface area contributed by atoms with E-state index in [0.717, 1.165) is 24.2 Å². The van der Waals surface area contributed by atoms with E-state index >= 15 is 0 Å². The normalized spacial score (nSPS) is 16.5. The third kappa shape index (κ3) is 5.97. The zero-order valence-electron chi connectivity index (χ0n) is 23.4. The summed E-state index contributed by atoms with van der Waals surface area (Å²) in [5.74, 6) is -0.893. The molecule has 1 heterocycles. The third-order valence-corrected chi connectivity index (χ3v) is 7.30. The minimum atomic E-state index is -0.848. The summed E-state index contributed by atoms with van der Waals surface area (Å²) in [4.78, 5) is 30.3. The Morgan fingerprint density at radius 3 is 2.35 bits per heavy atom. The first kappa shape index (κ1) is 28.7. The van der Waals surface area contributed by atoms with Crippen LogP contribution in [0.1, 0.15) is 42.1 Å². The third-order valence-electron chi connectivity index (χ3n) is 7.30. The number of likely N-dealkylation sites (tertiary alicyclic amines) is 1. The van der Waals surface area contributed by atoms with Crippen LogP contribution < -0.4 is 9.47 Å². The molecule has 3 aromatic rings. The number of amides is 1. The molecule has 1 amide bonds. The number of hydrogen-bond donors (Lipinski definition) is 2. The summed E-state index contributed by atoms with van der Waals surface area (Å²) in [6.07, 6.45) is 0. The first-order chi connectivity index (χ1) is 19.3. The number of phenolic OH excluding ortho intramolecular Hbond substituents is 1. The van der Waals surface area contributed by atoms with E-state index in [1.54, 1.807) is 30.3 Å². The molecule has 1 aliphatic heterocycles. The summed E-state index contributed by atoms with van der Waals surface area (Å²) in [6, 6.07) is 18.8. The van der Waals surface area contributed by atoms with Gasteiger partial charge in [-0.25, -0.2) is 0 Å². The molecule has 4 rings (SSSR count). The van der Waals surface area contributed by atoms with E-state index in [0.29, 0.717) is 36.6 Å². The number of ketones is 1. The van der Waals surface area contributed by atoms with Crippen molar-refractivity contribution >= 4 is 17.4 Å². The lowest BCUT2D eigenvalue weighted by Gasteiger charge is -2.28. The van der Waals surface area contributed by atoms with Gasteiger partial charge in [-0.3, -0.25) is 9.59 Å². The van der Waals surface area contributed by atoms with E-state index in [9.17, 15) is 19.8 Å². The van der Waals surface area contributed by atoms with Gasteiger partial charge in [0.25, 0.3) is 11.7 Å². The lowest BCUT2D eigenvalue weighted by atomic mass is 9.94. The summed E-state index contributed by atoms with van der Waals surface area (Å²) in [6.45, 7) is 8.80. The number of hydrogen-bond acceptors (Lipinski definition) is 7. The van der Waals surface area contributed by atoms with Crippen molar-refractivity contribution in [2.75, 3.05) is 33.3 Å². The van der Waals surface area contributed by atoms with Crippen molar-refractivity contribution < 1.29 is 29.3 Å². The van der Waals surface area contributed by atoms with Gasteiger partial charge < -0.3 is 29.5 Å². The second kappa shape index (κ2) is 12.7. The van der Waals surface area contributed by atoms with Crippen LogP contribution in [0.4, 0.5) is 0 Å². The van der Waals surface area contributed by atoms with Gasteiger partial charge in [0.2, 0.25) is 0 Å². The molecule has 0 aliphatic carbocycles. The predicted octanol–water partition coefficient (Wildman–Crippen LogP) is 5.05. The highest BCUT2D eigenvalue weighted by molar-refractivity contribution is 6.46. The molecule has 1 fully saturated rings. The highest BCUT2D eigenvalue weighted by atomic mass is 16.5. The predicted molar refractivity (Wildman–Crippen MR) is 153 cm³/mol. The Kier molecular flexibility index (Phi) is 9.11. The van der Waals surface area contributed by atoms with Crippen LogP contribution in [0.3, 0.4) is 0 Å². The Morgan fingerprint density at radius 2 is 1.70 bits per heavy atom. The molecular formula is C32H36N2O6. The maximum atomic E-state index is 13.4. The van der Waals surface area contributed by atoms with Gasteiger partial charge >= 0.3 is 0 Å². The van der Waals surface area contributed by atoms with Crippen LogP contribution in [0.2, 0.25) is 0 Å². The maximum absolute atomic E-state index is 13.4. The van der Waals surface area contributed by atoms with Gasteiger partial charge in [0.15, 0.2) is 11.5 Å². The van der Waals surface area contributed by atoms with Crippen LogP contribution >= 0.6 is 0 Å². The van der Waals surface area contributed by atoms with Crippen LogP contribution in [0, 0.1) is 6.92 Å². The number of Topliss-reactive ketones (excluding diaryl/α,β-unsaturated/α-hetero) is 1. The van der Waals surface area contributed by atoms with Crippen molar-refractivity contribution in [2.45, 2.75) is 33.4 Å². The van der Waals surface area contributed by atoms with Crippen molar-refractivity contribution in [2.24, 2.45) is 0 Å². The number of aliphatic hydroxyl groups is 1. The first-order valence-electron chi connectivity index (χ1n) is 13.4. The highest BCUT2D eigenvalue weighted by Gasteiger charge is 2.46. The molecule has 8 nitrogen and oxygen atoms in total. The number of methoxy groups -OCH3 is 1. The molecule has 1 unspecified atom stereocenters. The smallest absolute Gasteiger partial charge is 0.295 e. The summed E-state index contributed by atoms with van der Waals surface area (Å²) in [7, 11) is 1.43. The highest BCUT2D eigenvalue weighted by Crippen LogP contribution is 2.42. The fraction of sp³-hybridized carbons (Fsp3) is 0.312. The topological polar surface area (TPSA) is 99.5 Å². The molecule has 0 saturated carbocycles. The SMILES string of the molecule is CCN(CC)CCN1C(=O)C(=O)C(=C(O)c2ccc(OCc3ccccc3)c(C)c2)C1c1ccc(O)c(OC)c1. The van der Waals surface area contributed by atoms with Gasteiger partial charge in [0.05, 0.1) is 18.7 Å². The average Bonchev–Trinajstić information content (AvgIpc) is 3.22. The molecule has 0 aromatic heterocycles. The zero-order valence-corrected chi connectivity index (χ0v) is 23.4. The molecule has 1 saturated heterocycles. The molecule has 0 radical (unpaired) electrons. The van der Waals surface area contributed by atoms with E-state index in [1.165, 1.54) is 18.1 Å². The van der Waals surface area contributed by atoms with Crippen LogP contribution in [0.5, 0.6) is 17.2 Å². The van der Waals surface area contributed by atoms with E-state index in [-0.39, 0.29) is 22.8 Å². The Hall–Kier alpha value is -4.30. The lowest BCUT2D eigenvalue weighted by Crippen LogP contribution is -2.38. The van der Waals surface area contributed by atoms with Crippen molar-refractivity contribution in [1.82, 2.24) is 9.80 Å². The average molecular weight is 545 g/mol. The number of nitrogens with zero attached hydrogens (tertiary/aromatic N) is 2. The summed E-state index contributed by atoms with van der Waals surface area (Å²) >= 11 is 0. The van der Waals surface area contributed by atoms with E-state index < -0.39 is 17.7 Å². The summed E-state index contributed by atoms with van der Waals surface area (Å²) in [5, 5.41) is 21.6. The number of ether oxygens (including phenoxy) is 2. The second-order valence-electron chi connectivity index (χ2n) is 9.71. The Bertz CT molecular complexity index is 1400. The molecular weight excluding hydrogens is 508 g/mol. The van der Waals surface area contributed by atoms with Crippen molar-refractivity contribution in [3.05, 3.63) is 94.6 Å². The number of carbonyl (C=O) groups is 2. The van der Waals surface area contributed by atoms with E-state index in [1.807, 2.05) is 51.1 Å². The molecule has 1 atom stereocenters. The summed E-state index contributed by atoms with van der Waals surface area (Å²) in [5.41, 5.74) is 2.76. The van der Waals surface area contributed by atoms with Crippen LogP contribution in [-0.2, 0) is 16.2 Å². The van der Waals surface area contributed by atoms with Gasteiger partial charge in [-0.1, -0.05) is 50.2 Å². The number of aromatic hydroxyl groups is 1. The van der Waals surface area contributed by atoms with Crippen LogP contribution in [0.25, 0.3) is 5.76 Å². The van der Waals surface area contributed by atoms with Gasteiger partial charge in [0, 0.05) is 18.7 Å².